The second-order valence-corrected chi connectivity index (χ2v) is 11.6. The SMILES string of the molecule is CC(=CN1CCCCC1)[C@H]1CC[C@H]2[C@@H]3CCC4=CC(=O)CC[C@]4(C)[C@H]3CC[C@]12C. The molecule has 1 saturated heterocycles. The monoisotopic (exact) mass is 395 g/mol. The van der Waals surface area contributed by atoms with E-state index in [0.717, 1.165) is 36.5 Å². The third kappa shape index (κ3) is 3.15. The predicted octanol–water partition coefficient (Wildman–Crippen LogP) is 6.52. The first-order valence-corrected chi connectivity index (χ1v) is 12.6. The summed E-state index contributed by atoms with van der Waals surface area (Å²) in [6.07, 6.45) is 18.8. The normalized spacial score (nSPS) is 45.3. The molecule has 1 heterocycles. The summed E-state index contributed by atoms with van der Waals surface area (Å²) in [5, 5.41) is 0. The lowest BCUT2D eigenvalue weighted by Crippen LogP contribution is -2.50. The van der Waals surface area contributed by atoms with Crippen LogP contribution in [0.2, 0.25) is 0 Å². The number of carbonyl (C=O) groups excluding carboxylic acids is 1. The van der Waals surface area contributed by atoms with Gasteiger partial charge in [0.1, 0.15) is 0 Å². The van der Waals surface area contributed by atoms with Gasteiger partial charge in [0.15, 0.2) is 5.78 Å². The number of ketones is 1. The fourth-order valence-corrected chi connectivity index (χ4v) is 8.73. The Hall–Kier alpha value is -1.05. The molecule has 0 N–H and O–H groups in total. The minimum atomic E-state index is 0.314. The number of fused-ring (bicyclic) bond motifs is 5. The summed E-state index contributed by atoms with van der Waals surface area (Å²) in [6.45, 7) is 10.1. The van der Waals surface area contributed by atoms with Crippen LogP contribution in [0.1, 0.15) is 91.4 Å². The molecule has 4 fully saturated rings. The van der Waals surface area contributed by atoms with Crippen molar-refractivity contribution in [3.63, 3.8) is 0 Å². The minimum Gasteiger partial charge on any atom is -0.377 e. The molecule has 160 valence electrons. The molecule has 0 amide bonds. The summed E-state index contributed by atoms with van der Waals surface area (Å²) >= 11 is 0. The van der Waals surface area contributed by atoms with Crippen molar-refractivity contribution in [1.82, 2.24) is 4.90 Å². The summed E-state index contributed by atoms with van der Waals surface area (Å²) in [5.74, 6) is 3.77. The van der Waals surface area contributed by atoms with Gasteiger partial charge in [-0.1, -0.05) is 25.0 Å². The third-order valence-corrected chi connectivity index (χ3v) is 10.3. The van der Waals surface area contributed by atoms with Crippen LogP contribution in [0.25, 0.3) is 0 Å². The van der Waals surface area contributed by atoms with Crippen LogP contribution in [0.4, 0.5) is 0 Å². The molecule has 2 nitrogen and oxygen atoms in total. The number of piperidine rings is 1. The van der Waals surface area contributed by atoms with E-state index in [4.69, 9.17) is 0 Å². The lowest BCUT2D eigenvalue weighted by Gasteiger charge is -2.58. The minimum absolute atomic E-state index is 0.314. The number of rotatable bonds is 2. The van der Waals surface area contributed by atoms with E-state index in [2.05, 4.69) is 37.9 Å². The van der Waals surface area contributed by atoms with Crippen LogP contribution >= 0.6 is 0 Å². The standard InChI is InChI=1S/C27H41NO/c1-19(18-28-15-5-4-6-16-28)23-9-10-24-22-8-7-20-17-21(29)11-13-26(20,2)25(22)12-14-27(23,24)3/h17-18,22-25H,4-16H2,1-3H3/t22-,23+,24-,25-,26-,27+/m0/s1. The van der Waals surface area contributed by atoms with E-state index >= 15 is 0 Å². The predicted molar refractivity (Wildman–Crippen MR) is 119 cm³/mol. The van der Waals surface area contributed by atoms with Gasteiger partial charge in [-0.25, -0.2) is 0 Å². The Bertz CT molecular complexity index is 729. The van der Waals surface area contributed by atoms with Crippen molar-refractivity contribution in [2.45, 2.75) is 91.4 Å². The highest BCUT2D eigenvalue weighted by Crippen LogP contribution is 2.67. The van der Waals surface area contributed by atoms with Crippen molar-refractivity contribution in [1.29, 1.82) is 0 Å². The summed E-state index contributed by atoms with van der Waals surface area (Å²) in [5.41, 5.74) is 3.99. The van der Waals surface area contributed by atoms with Crippen LogP contribution in [0, 0.1) is 34.5 Å². The lowest BCUT2D eigenvalue weighted by molar-refractivity contribution is -0.117. The molecule has 0 bridgehead atoms. The maximum atomic E-state index is 12.0. The zero-order valence-corrected chi connectivity index (χ0v) is 19.0. The van der Waals surface area contributed by atoms with Gasteiger partial charge in [-0.15, -0.1) is 0 Å². The van der Waals surface area contributed by atoms with E-state index in [1.54, 1.807) is 5.57 Å². The summed E-state index contributed by atoms with van der Waals surface area (Å²) < 4.78 is 0. The Morgan fingerprint density at radius 2 is 1.79 bits per heavy atom. The number of hydrogen-bond donors (Lipinski definition) is 0. The highest BCUT2D eigenvalue weighted by Gasteiger charge is 2.59. The van der Waals surface area contributed by atoms with Crippen molar-refractivity contribution in [3.05, 3.63) is 23.4 Å². The fraction of sp³-hybridized carbons (Fsp3) is 0.815. The molecule has 3 saturated carbocycles. The van der Waals surface area contributed by atoms with Crippen LogP contribution in [0.3, 0.4) is 0 Å². The third-order valence-electron chi connectivity index (χ3n) is 10.3. The smallest absolute Gasteiger partial charge is 0.155 e. The molecule has 2 heteroatoms. The van der Waals surface area contributed by atoms with E-state index in [-0.39, 0.29) is 0 Å². The molecule has 5 aliphatic rings. The molecule has 0 aromatic carbocycles. The number of nitrogens with zero attached hydrogens (tertiary/aromatic N) is 1. The van der Waals surface area contributed by atoms with Crippen molar-refractivity contribution in [3.8, 4) is 0 Å². The molecule has 0 unspecified atom stereocenters. The van der Waals surface area contributed by atoms with Crippen LogP contribution in [0.5, 0.6) is 0 Å². The van der Waals surface area contributed by atoms with Gasteiger partial charge in [-0.05, 0) is 118 Å². The summed E-state index contributed by atoms with van der Waals surface area (Å²) in [7, 11) is 0. The zero-order chi connectivity index (χ0) is 20.2. The average molecular weight is 396 g/mol. The van der Waals surface area contributed by atoms with Gasteiger partial charge in [0.25, 0.3) is 0 Å². The molecule has 0 radical (unpaired) electrons. The summed E-state index contributed by atoms with van der Waals surface area (Å²) in [6, 6.07) is 0. The Balaban J connectivity index is 1.38. The highest BCUT2D eigenvalue weighted by atomic mass is 16.1. The topological polar surface area (TPSA) is 20.3 Å². The number of allylic oxidation sites excluding steroid dienone is 2. The van der Waals surface area contributed by atoms with Gasteiger partial charge < -0.3 is 4.90 Å². The van der Waals surface area contributed by atoms with Crippen molar-refractivity contribution < 1.29 is 4.79 Å². The molecule has 0 aromatic heterocycles. The molecule has 5 rings (SSSR count). The lowest BCUT2D eigenvalue weighted by atomic mass is 9.46. The second kappa shape index (κ2) is 7.27. The van der Waals surface area contributed by atoms with Gasteiger partial charge in [0, 0.05) is 19.5 Å². The molecule has 1 aliphatic heterocycles. The van der Waals surface area contributed by atoms with Gasteiger partial charge >= 0.3 is 0 Å². The van der Waals surface area contributed by atoms with Crippen molar-refractivity contribution >= 4 is 5.78 Å². The molecule has 0 spiro atoms. The van der Waals surface area contributed by atoms with Gasteiger partial charge in [0.05, 0.1) is 0 Å². The maximum absolute atomic E-state index is 12.0. The zero-order valence-electron chi connectivity index (χ0n) is 19.0. The van der Waals surface area contributed by atoms with E-state index in [9.17, 15) is 4.79 Å². The molecule has 6 atom stereocenters. The first kappa shape index (κ1) is 19.9. The quantitative estimate of drug-likeness (QED) is 0.530. The van der Waals surface area contributed by atoms with Gasteiger partial charge in [-0.2, -0.15) is 0 Å². The maximum Gasteiger partial charge on any atom is 0.155 e. The molecule has 4 aliphatic carbocycles. The van der Waals surface area contributed by atoms with Crippen molar-refractivity contribution in [2.24, 2.45) is 34.5 Å². The number of carbonyl (C=O) groups is 1. The van der Waals surface area contributed by atoms with Crippen LogP contribution in [-0.4, -0.2) is 23.8 Å². The van der Waals surface area contributed by atoms with Gasteiger partial charge in [0.2, 0.25) is 0 Å². The fourth-order valence-electron chi connectivity index (χ4n) is 8.73. The van der Waals surface area contributed by atoms with Crippen LogP contribution in [0.15, 0.2) is 23.4 Å². The van der Waals surface area contributed by atoms with E-state index < -0.39 is 0 Å². The van der Waals surface area contributed by atoms with Crippen molar-refractivity contribution in [2.75, 3.05) is 13.1 Å². The highest BCUT2D eigenvalue weighted by molar-refractivity contribution is 5.91. The Labute approximate surface area is 178 Å². The van der Waals surface area contributed by atoms with Gasteiger partial charge in [-0.3, -0.25) is 4.79 Å². The molecule has 29 heavy (non-hydrogen) atoms. The second-order valence-electron chi connectivity index (χ2n) is 11.6. The Kier molecular flexibility index (Phi) is 4.99. The van der Waals surface area contributed by atoms with E-state index in [1.807, 2.05) is 0 Å². The average Bonchev–Trinajstić information content (AvgIpc) is 3.06. The number of likely N-dealkylation sites (tertiary alicyclic amines) is 1. The van der Waals surface area contributed by atoms with E-state index in [0.29, 0.717) is 16.6 Å². The Morgan fingerprint density at radius 1 is 1.00 bits per heavy atom. The number of hydrogen-bond acceptors (Lipinski definition) is 2. The molecule has 0 aromatic rings. The molecular weight excluding hydrogens is 354 g/mol. The van der Waals surface area contributed by atoms with Crippen LogP contribution < -0.4 is 0 Å². The largest absolute Gasteiger partial charge is 0.377 e. The molecular formula is C27H41NO. The van der Waals surface area contributed by atoms with Crippen LogP contribution in [-0.2, 0) is 4.79 Å². The first-order chi connectivity index (χ1) is 13.9. The van der Waals surface area contributed by atoms with E-state index in [1.165, 1.54) is 76.5 Å². The first-order valence-electron chi connectivity index (χ1n) is 12.6. The summed E-state index contributed by atoms with van der Waals surface area (Å²) in [4.78, 5) is 14.7. The Morgan fingerprint density at radius 3 is 2.59 bits per heavy atom.